The number of rotatable bonds is 6. The zero-order valence-electron chi connectivity index (χ0n) is 14.1. The summed E-state index contributed by atoms with van der Waals surface area (Å²) in [5.41, 5.74) is 1.31. The van der Waals surface area contributed by atoms with Crippen LogP contribution < -0.4 is 5.32 Å². The van der Waals surface area contributed by atoms with Crippen molar-refractivity contribution in [3.8, 4) is 0 Å². The Kier molecular flexibility index (Phi) is 4.97. The van der Waals surface area contributed by atoms with Gasteiger partial charge in [-0.3, -0.25) is 9.48 Å². The molecule has 0 radical (unpaired) electrons. The van der Waals surface area contributed by atoms with Crippen molar-refractivity contribution in [2.75, 3.05) is 6.54 Å². The lowest BCUT2D eigenvalue weighted by Crippen LogP contribution is -2.30. The number of benzene rings is 1. The maximum Gasteiger partial charge on any atom is 0.449 e. The molecule has 0 unspecified atom stereocenters. The number of carbonyl (C=O) groups excluding carboxylic acids is 1. The molecule has 2 aromatic heterocycles. The number of amides is 1. The first kappa shape index (κ1) is 18.0. The molecule has 0 aliphatic carbocycles. The number of nitrogens with one attached hydrogen (secondary N) is 1. The zero-order valence-corrected chi connectivity index (χ0v) is 14.1. The van der Waals surface area contributed by atoms with E-state index in [1.54, 1.807) is 42.2 Å². The molecule has 3 aromatic rings. The Balaban J connectivity index is 1.70. The first-order chi connectivity index (χ1) is 12.3. The molecular formula is C17H18F3N5O. The van der Waals surface area contributed by atoms with Crippen LogP contribution in [0, 0.1) is 6.92 Å². The summed E-state index contributed by atoms with van der Waals surface area (Å²) in [6.07, 6.45) is -0.544. The lowest BCUT2D eigenvalue weighted by molar-refractivity contribution is -0.147. The van der Waals surface area contributed by atoms with Gasteiger partial charge < -0.3 is 9.88 Å². The average molecular weight is 365 g/mol. The van der Waals surface area contributed by atoms with E-state index < -0.39 is 24.5 Å². The standard InChI is InChI=1S/C17H18F3N5O/c1-12-4-5-13-14(10-12)25(16(23-13)17(18,19)20)11-15(26)21-6-2-8-24-9-3-7-22-24/h3-5,7,9-10H,2,6,8,11H2,1H3,(H,21,26). The highest BCUT2D eigenvalue weighted by atomic mass is 19.4. The minimum absolute atomic E-state index is 0.217. The van der Waals surface area contributed by atoms with Gasteiger partial charge >= 0.3 is 6.18 Å². The number of imidazole rings is 1. The molecule has 0 fully saturated rings. The predicted molar refractivity (Wildman–Crippen MR) is 89.3 cm³/mol. The highest BCUT2D eigenvalue weighted by Crippen LogP contribution is 2.31. The van der Waals surface area contributed by atoms with E-state index in [0.29, 0.717) is 25.0 Å². The highest BCUT2D eigenvalue weighted by molar-refractivity contribution is 5.81. The molecule has 26 heavy (non-hydrogen) atoms. The zero-order chi connectivity index (χ0) is 18.7. The summed E-state index contributed by atoms with van der Waals surface area (Å²) in [5.74, 6) is -1.55. The van der Waals surface area contributed by atoms with Gasteiger partial charge in [-0.1, -0.05) is 6.07 Å². The van der Waals surface area contributed by atoms with E-state index in [2.05, 4.69) is 15.4 Å². The third-order valence-electron chi connectivity index (χ3n) is 3.90. The summed E-state index contributed by atoms with van der Waals surface area (Å²) in [6, 6.07) is 6.61. The van der Waals surface area contributed by atoms with Crippen LogP contribution in [-0.2, 0) is 24.1 Å². The lowest BCUT2D eigenvalue weighted by Gasteiger charge is -2.12. The second-order valence-electron chi connectivity index (χ2n) is 5.98. The van der Waals surface area contributed by atoms with Gasteiger partial charge in [0.15, 0.2) is 0 Å². The van der Waals surface area contributed by atoms with Gasteiger partial charge in [-0.2, -0.15) is 18.3 Å². The molecule has 0 aliphatic rings. The Morgan fingerprint density at radius 2 is 2.12 bits per heavy atom. The first-order valence-electron chi connectivity index (χ1n) is 8.13. The van der Waals surface area contributed by atoms with Crippen molar-refractivity contribution in [1.29, 1.82) is 0 Å². The molecule has 6 nitrogen and oxygen atoms in total. The number of hydrogen-bond donors (Lipinski definition) is 1. The molecule has 138 valence electrons. The second-order valence-corrected chi connectivity index (χ2v) is 5.98. The van der Waals surface area contributed by atoms with Gasteiger partial charge in [0.2, 0.25) is 11.7 Å². The molecule has 0 bridgehead atoms. The fraction of sp³-hybridized carbons (Fsp3) is 0.353. The Bertz CT molecular complexity index is 899. The predicted octanol–water partition coefficient (Wildman–Crippen LogP) is 2.77. The second kappa shape index (κ2) is 7.19. The average Bonchev–Trinajstić information content (AvgIpc) is 3.19. The van der Waals surface area contributed by atoms with E-state index in [4.69, 9.17) is 0 Å². The van der Waals surface area contributed by atoms with Crippen LogP contribution in [0.15, 0.2) is 36.7 Å². The summed E-state index contributed by atoms with van der Waals surface area (Å²) in [4.78, 5) is 15.8. The van der Waals surface area contributed by atoms with Crippen LogP contribution >= 0.6 is 0 Å². The molecule has 0 saturated heterocycles. The topological polar surface area (TPSA) is 64.7 Å². The SMILES string of the molecule is Cc1ccc2nc(C(F)(F)F)n(CC(=O)NCCCn3cccn3)c2c1. The molecule has 3 rings (SSSR count). The van der Waals surface area contributed by atoms with Gasteiger partial charge in [-0.15, -0.1) is 0 Å². The van der Waals surface area contributed by atoms with E-state index in [0.717, 1.165) is 10.1 Å². The van der Waals surface area contributed by atoms with E-state index >= 15 is 0 Å². The van der Waals surface area contributed by atoms with Gasteiger partial charge in [0, 0.05) is 25.5 Å². The van der Waals surface area contributed by atoms with Crippen LogP contribution in [0.25, 0.3) is 11.0 Å². The van der Waals surface area contributed by atoms with Crippen molar-refractivity contribution in [3.63, 3.8) is 0 Å². The summed E-state index contributed by atoms with van der Waals surface area (Å²) < 4.78 is 42.5. The smallest absolute Gasteiger partial charge is 0.354 e. The highest BCUT2D eigenvalue weighted by Gasteiger charge is 2.38. The van der Waals surface area contributed by atoms with E-state index in [9.17, 15) is 18.0 Å². The summed E-state index contributed by atoms with van der Waals surface area (Å²) in [5, 5.41) is 6.69. The lowest BCUT2D eigenvalue weighted by atomic mass is 10.2. The van der Waals surface area contributed by atoms with E-state index in [-0.39, 0.29) is 5.52 Å². The van der Waals surface area contributed by atoms with Crippen LogP contribution in [0.2, 0.25) is 0 Å². The number of fused-ring (bicyclic) bond motifs is 1. The minimum atomic E-state index is -4.63. The third-order valence-corrected chi connectivity index (χ3v) is 3.90. The first-order valence-corrected chi connectivity index (χ1v) is 8.13. The van der Waals surface area contributed by atoms with Crippen LogP contribution in [-0.4, -0.2) is 31.8 Å². The van der Waals surface area contributed by atoms with Crippen LogP contribution in [0.1, 0.15) is 17.8 Å². The van der Waals surface area contributed by atoms with Crippen molar-refractivity contribution in [2.24, 2.45) is 0 Å². The van der Waals surface area contributed by atoms with Crippen LogP contribution in [0.4, 0.5) is 13.2 Å². The number of halogens is 3. The Morgan fingerprint density at radius 1 is 1.31 bits per heavy atom. The number of hydrogen-bond acceptors (Lipinski definition) is 3. The molecular weight excluding hydrogens is 347 g/mol. The number of carbonyl (C=O) groups is 1. The van der Waals surface area contributed by atoms with Gasteiger partial charge in [0.25, 0.3) is 0 Å². The Morgan fingerprint density at radius 3 is 2.81 bits per heavy atom. The Hall–Kier alpha value is -2.84. The maximum atomic E-state index is 13.3. The molecule has 0 atom stereocenters. The van der Waals surface area contributed by atoms with E-state index in [1.165, 1.54) is 6.07 Å². The molecule has 9 heteroatoms. The number of nitrogens with zero attached hydrogens (tertiary/aromatic N) is 4. The van der Waals surface area contributed by atoms with Gasteiger partial charge in [-0.25, -0.2) is 4.98 Å². The number of alkyl halides is 3. The Labute approximate surface area is 147 Å². The van der Waals surface area contributed by atoms with Gasteiger partial charge in [0.05, 0.1) is 11.0 Å². The molecule has 0 aliphatic heterocycles. The summed E-state index contributed by atoms with van der Waals surface area (Å²) in [6.45, 7) is 2.32. The third kappa shape index (κ3) is 4.04. The molecule has 1 amide bonds. The van der Waals surface area contributed by atoms with Gasteiger partial charge in [0.1, 0.15) is 6.54 Å². The van der Waals surface area contributed by atoms with Gasteiger partial charge in [-0.05, 0) is 37.1 Å². The quantitative estimate of drug-likeness (QED) is 0.683. The number of aryl methyl sites for hydroxylation is 2. The maximum absolute atomic E-state index is 13.3. The van der Waals surface area contributed by atoms with Crippen molar-refractivity contribution in [2.45, 2.75) is 32.6 Å². The fourth-order valence-electron chi connectivity index (χ4n) is 2.71. The largest absolute Gasteiger partial charge is 0.449 e. The van der Waals surface area contributed by atoms with E-state index in [1.807, 2.05) is 0 Å². The van der Waals surface area contributed by atoms with Crippen molar-refractivity contribution in [1.82, 2.24) is 24.6 Å². The minimum Gasteiger partial charge on any atom is -0.354 e. The van der Waals surface area contributed by atoms with Crippen LogP contribution in [0.5, 0.6) is 0 Å². The molecule has 1 aromatic carbocycles. The summed E-state index contributed by atoms with van der Waals surface area (Å²) in [7, 11) is 0. The van der Waals surface area contributed by atoms with Crippen molar-refractivity contribution in [3.05, 3.63) is 48.0 Å². The molecule has 0 spiro atoms. The van der Waals surface area contributed by atoms with Crippen LogP contribution in [0.3, 0.4) is 0 Å². The monoisotopic (exact) mass is 365 g/mol. The number of aromatic nitrogens is 4. The van der Waals surface area contributed by atoms with Crippen molar-refractivity contribution < 1.29 is 18.0 Å². The molecule has 0 saturated carbocycles. The van der Waals surface area contributed by atoms with Crippen molar-refractivity contribution >= 4 is 16.9 Å². The normalized spacial score (nSPS) is 11.8. The summed E-state index contributed by atoms with van der Waals surface area (Å²) >= 11 is 0. The molecule has 1 N–H and O–H groups in total. The fourth-order valence-corrected chi connectivity index (χ4v) is 2.71. The molecule has 2 heterocycles.